The molecule has 1 aromatic heterocycles. The van der Waals surface area contributed by atoms with Gasteiger partial charge in [0.25, 0.3) is 0 Å². The van der Waals surface area contributed by atoms with Gasteiger partial charge in [-0.2, -0.15) is 0 Å². The fraction of sp³-hybridized carbons (Fsp3) is 0.111. The van der Waals surface area contributed by atoms with Gasteiger partial charge >= 0.3 is 0 Å². The number of aromatic nitrogens is 2. The average molecular weight is 176 g/mol. The smallest absolute Gasteiger partial charge is 0.220 e. The molecule has 0 saturated heterocycles. The Morgan fingerprint density at radius 2 is 2.31 bits per heavy atom. The highest BCUT2D eigenvalue weighted by Crippen LogP contribution is 2.14. The summed E-state index contributed by atoms with van der Waals surface area (Å²) in [4.78, 5) is 7.81. The standard InChI is InChI=1S/C9H12N4/c1-3-7(6(2)10)8-4-5-12-9(11)13-8/h3-5H,1,10H2,2H3,(H2,11,12,13)/b7-6-. The molecule has 4 N–H and O–H groups in total. The Kier molecular flexibility index (Phi) is 2.64. The summed E-state index contributed by atoms with van der Waals surface area (Å²) in [6.07, 6.45) is 3.24. The first-order valence-electron chi connectivity index (χ1n) is 3.83. The Morgan fingerprint density at radius 1 is 1.62 bits per heavy atom. The van der Waals surface area contributed by atoms with Crippen molar-refractivity contribution in [1.82, 2.24) is 9.97 Å². The van der Waals surface area contributed by atoms with Crippen LogP contribution in [0, 0.1) is 0 Å². The molecule has 0 bridgehead atoms. The molecular weight excluding hydrogens is 164 g/mol. The van der Waals surface area contributed by atoms with Crippen molar-refractivity contribution in [3.05, 3.63) is 36.3 Å². The molecule has 0 radical (unpaired) electrons. The number of nitrogen functional groups attached to an aromatic ring is 1. The molecule has 4 nitrogen and oxygen atoms in total. The maximum absolute atomic E-state index is 5.64. The van der Waals surface area contributed by atoms with Gasteiger partial charge in [-0.3, -0.25) is 0 Å². The summed E-state index contributed by atoms with van der Waals surface area (Å²) in [6.45, 7) is 5.44. The predicted molar refractivity (Wildman–Crippen MR) is 53.4 cm³/mol. The molecule has 0 spiro atoms. The third-order valence-electron chi connectivity index (χ3n) is 1.58. The molecule has 0 atom stereocenters. The second kappa shape index (κ2) is 3.71. The Balaban J connectivity index is 3.21. The van der Waals surface area contributed by atoms with E-state index in [0.29, 0.717) is 11.4 Å². The first-order chi connectivity index (χ1) is 6.15. The third kappa shape index (κ3) is 2.05. The van der Waals surface area contributed by atoms with Crippen LogP contribution in [0.4, 0.5) is 5.95 Å². The molecule has 0 aliphatic heterocycles. The Bertz CT molecular complexity index is 350. The molecule has 0 unspecified atom stereocenters. The Hall–Kier alpha value is -1.84. The van der Waals surface area contributed by atoms with Crippen LogP contribution in [0.3, 0.4) is 0 Å². The molecule has 0 amide bonds. The number of anilines is 1. The maximum atomic E-state index is 5.64. The van der Waals surface area contributed by atoms with Gasteiger partial charge in [0, 0.05) is 17.5 Å². The van der Waals surface area contributed by atoms with Crippen molar-refractivity contribution in [2.45, 2.75) is 6.92 Å². The van der Waals surface area contributed by atoms with Crippen molar-refractivity contribution in [1.29, 1.82) is 0 Å². The zero-order valence-corrected chi connectivity index (χ0v) is 7.49. The number of rotatable bonds is 2. The van der Waals surface area contributed by atoms with E-state index >= 15 is 0 Å². The van der Waals surface area contributed by atoms with Crippen molar-refractivity contribution in [2.75, 3.05) is 5.73 Å². The van der Waals surface area contributed by atoms with Crippen LogP contribution in [0.2, 0.25) is 0 Å². The molecular formula is C9H12N4. The van der Waals surface area contributed by atoms with Gasteiger partial charge < -0.3 is 11.5 Å². The van der Waals surface area contributed by atoms with E-state index in [1.165, 1.54) is 0 Å². The van der Waals surface area contributed by atoms with E-state index in [1.54, 1.807) is 25.3 Å². The van der Waals surface area contributed by atoms with Crippen LogP contribution in [-0.2, 0) is 0 Å². The topological polar surface area (TPSA) is 77.8 Å². The van der Waals surface area contributed by atoms with Crippen LogP contribution in [0.25, 0.3) is 5.57 Å². The molecule has 0 aromatic carbocycles. The summed E-state index contributed by atoms with van der Waals surface area (Å²) in [7, 11) is 0. The highest BCUT2D eigenvalue weighted by molar-refractivity contribution is 5.73. The van der Waals surface area contributed by atoms with Crippen molar-refractivity contribution in [3.63, 3.8) is 0 Å². The molecule has 1 rings (SSSR count). The fourth-order valence-electron chi connectivity index (χ4n) is 0.991. The van der Waals surface area contributed by atoms with Crippen LogP contribution in [0.1, 0.15) is 12.6 Å². The van der Waals surface area contributed by atoms with Crippen molar-refractivity contribution < 1.29 is 0 Å². The van der Waals surface area contributed by atoms with E-state index < -0.39 is 0 Å². The first-order valence-corrected chi connectivity index (χ1v) is 3.83. The monoisotopic (exact) mass is 176 g/mol. The van der Waals surface area contributed by atoms with E-state index in [9.17, 15) is 0 Å². The number of allylic oxidation sites excluding steroid dienone is 3. The van der Waals surface area contributed by atoms with Gasteiger partial charge in [0.1, 0.15) is 0 Å². The molecule has 1 heterocycles. The predicted octanol–water partition coefficient (Wildman–Crippen LogP) is 0.935. The molecule has 4 heteroatoms. The van der Waals surface area contributed by atoms with E-state index in [-0.39, 0.29) is 5.95 Å². The van der Waals surface area contributed by atoms with Crippen LogP contribution in [-0.4, -0.2) is 9.97 Å². The van der Waals surface area contributed by atoms with E-state index in [1.807, 2.05) is 0 Å². The zero-order chi connectivity index (χ0) is 9.84. The van der Waals surface area contributed by atoms with Crippen LogP contribution >= 0.6 is 0 Å². The van der Waals surface area contributed by atoms with Crippen LogP contribution in [0.15, 0.2) is 30.6 Å². The summed E-state index contributed by atoms with van der Waals surface area (Å²) in [5.41, 5.74) is 13.2. The normalized spacial score (nSPS) is 12.1. The zero-order valence-electron chi connectivity index (χ0n) is 7.49. The van der Waals surface area contributed by atoms with Gasteiger partial charge in [-0.1, -0.05) is 12.7 Å². The average Bonchev–Trinajstić information content (AvgIpc) is 2.04. The summed E-state index contributed by atoms with van der Waals surface area (Å²) in [5.74, 6) is 0.234. The molecule has 0 aliphatic rings. The lowest BCUT2D eigenvalue weighted by molar-refractivity contribution is 1.15. The lowest BCUT2D eigenvalue weighted by Gasteiger charge is -2.03. The highest BCUT2D eigenvalue weighted by Gasteiger charge is 2.01. The van der Waals surface area contributed by atoms with Gasteiger partial charge in [0.15, 0.2) is 0 Å². The van der Waals surface area contributed by atoms with Crippen molar-refractivity contribution >= 4 is 11.5 Å². The number of nitrogens with two attached hydrogens (primary N) is 2. The SMILES string of the molecule is C=C/C(=C(\C)N)c1ccnc(N)n1. The van der Waals surface area contributed by atoms with E-state index in [0.717, 1.165) is 5.57 Å². The molecule has 0 fully saturated rings. The van der Waals surface area contributed by atoms with Crippen LogP contribution in [0.5, 0.6) is 0 Å². The molecule has 1 aromatic rings. The number of hydrogen-bond donors (Lipinski definition) is 2. The van der Waals surface area contributed by atoms with Crippen molar-refractivity contribution in [2.24, 2.45) is 5.73 Å². The minimum atomic E-state index is 0.234. The van der Waals surface area contributed by atoms with Gasteiger partial charge in [0.2, 0.25) is 5.95 Å². The molecule has 13 heavy (non-hydrogen) atoms. The molecule has 0 aliphatic carbocycles. The Labute approximate surface area is 77.0 Å². The molecule has 0 saturated carbocycles. The Morgan fingerprint density at radius 3 is 2.77 bits per heavy atom. The summed E-state index contributed by atoms with van der Waals surface area (Å²) >= 11 is 0. The summed E-state index contributed by atoms with van der Waals surface area (Å²) in [5, 5.41) is 0. The molecule has 68 valence electrons. The number of hydrogen-bond acceptors (Lipinski definition) is 4. The summed E-state index contributed by atoms with van der Waals surface area (Å²) in [6, 6.07) is 1.74. The summed E-state index contributed by atoms with van der Waals surface area (Å²) < 4.78 is 0. The quantitative estimate of drug-likeness (QED) is 0.657. The van der Waals surface area contributed by atoms with E-state index in [4.69, 9.17) is 11.5 Å². The van der Waals surface area contributed by atoms with Crippen molar-refractivity contribution in [3.8, 4) is 0 Å². The number of nitrogens with zero attached hydrogens (tertiary/aromatic N) is 2. The fourth-order valence-corrected chi connectivity index (χ4v) is 0.991. The third-order valence-corrected chi connectivity index (χ3v) is 1.58. The first kappa shape index (κ1) is 9.25. The van der Waals surface area contributed by atoms with Gasteiger partial charge in [-0.05, 0) is 13.0 Å². The second-order valence-corrected chi connectivity index (χ2v) is 2.60. The minimum absolute atomic E-state index is 0.234. The van der Waals surface area contributed by atoms with Crippen LogP contribution < -0.4 is 11.5 Å². The minimum Gasteiger partial charge on any atom is -0.402 e. The largest absolute Gasteiger partial charge is 0.402 e. The highest BCUT2D eigenvalue weighted by atomic mass is 15.0. The van der Waals surface area contributed by atoms with Gasteiger partial charge in [0.05, 0.1) is 5.69 Å². The van der Waals surface area contributed by atoms with Gasteiger partial charge in [-0.15, -0.1) is 0 Å². The lowest BCUT2D eigenvalue weighted by atomic mass is 10.1. The van der Waals surface area contributed by atoms with Gasteiger partial charge in [-0.25, -0.2) is 9.97 Å². The maximum Gasteiger partial charge on any atom is 0.220 e. The second-order valence-electron chi connectivity index (χ2n) is 2.60. The van der Waals surface area contributed by atoms with E-state index in [2.05, 4.69) is 16.5 Å². The lowest BCUT2D eigenvalue weighted by Crippen LogP contribution is -2.01.